The van der Waals surface area contributed by atoms with Gasteiger partial charge in [-0.1, -0.05) is 57.2 Å². The van der Waals surface area contributed by atoms with E-state index in [0.29, 0.717) is 12.1 Å². The summed E-state index contributed by atoms with van der Waals surface area (Å²) in [4.78, 5) is 24.2. The molecule has 2 rings (SSSR count). The highest BCUT2D eigenvalue weighted by Gasteiger charge is 2.30. The monoisotopic (exact) mass is 509 g/mol. The minimum Gasteiger partial charge on any atom is -0.463 e. The quantitative estimate of drug-likeness (QED) is 0.196. The van der Waals surface area contributed by atoms with E-state index in [2.05, 4.69) is 12.2 Å². The van der Waals surface area contributed by atoms with Crippen LogP contribution < -0.4 is 5.32 Å². The first kappa shape index (κ1) is 29.2. The molecule has 0 aromatic heterocycles. The number of hydrogen-bond acceptors (Lipinski definition) is 6. The minimum absolute atomic E-state index is 0.0254. The molecule has 0 fully saturated rings. The molecule has 36 heavy (non-hydrogen) atoms. The molecule has 0 saturated heterocycles. The van der Waals surface area contributed by atoms with Crippen LogP contribution in [0.2, 0.25) is 0 Å². The van der Waals surface area contributed by atoms with Crippen molar-refractivity contribution in [2.24, 2.45) is 0 Å². The number of carbonyl (C=O) groups is 2. The van der Waals surface area contributed by atoms with Gasteiger partial charge in [-0.25, -0.2) is 4.79 Å². The van der Waals surface area contributed by atoms with E-state index < -0.39 is 17.7 Å². The van der Waals surface area contributed by atoms with Crippen molar-refractivity contribution in [2.75, 3.05) is 31.7 Å². The predicted octanol–water partition coefficient (Wildman–Crippen LogP) is 6.92. The van der Waals surface area contributed by atoms with Crippen LogP contribution in [0.4, 0.5) is 24.5 Å². The molecule has 0 saturated carbocycles. The first-order valence-corrected chi connectivity index (χ1v) is 12.2. The van der Waals surface area contributed by atoms with Crippen molar-refractivity contribution in [3.63, 3.8) is 0 Å². The molecule has 0 aliphatic heterocycles. The molecular formula is C27H34F3NO5. The predicted molar refractivity (Wildman–Crippen MR) is 131 cm³/mol. The van der Waals surface area contributed by atoms with Crippen molar-refractivity contribution >= 4 is 23.3 Å². The molecule has 6 nitrogen and oxygen atoms in total. The van der Waals surface area contributed by atoms with Gasteiger partial charge in [0.1, 0.15) is 13.2 Å². The Bertz CT molecular complexity index is 949. The van der Waals surface area contributed by atoms with Crippen LogP contribution in [0.5, 0.6) is 0 Å². The Morgan fingerprint density at radius 3 is 2.28 bits per heavy atom. The Morgan fingerprint density at radius 1 is 0.833 bits per heavy atom. The average molecular weight is 510 g/mol. The molecule has 2 aromatic carbocycles. The molecule has 0 atom stereocenters. The van der Waals surface area contributed by atoms with Gasteiger partial charge in [-0.3, -0.25) is 4.79 Å². The standard InChI is InChI=1S/C27H34F3NO5/c1-2-3-4-5-6-7-15-25(32)35-18-16-34-17-19-36-26(33)23-13-8-9-14-24(23)31-22-12-10-11-21(20-22)27(28,29)30/h8-14,20,31H,2-7,15-19H2,1H3. The first-order valence-electron chi connectivity index (χ1n) is 12.2. The van der Waals surface area contributed by atoms with Crippen LogP contribution in [0.1, 0.15) is 67.8 Å². The molecule has 0 aliphatic carbocycles. The summed E-state index contributed by atoms with van der Waals surface area (Å²) in [5.74, 6) is -0.885. The fraction of sp³-hybridized carbons (Fsp3) is 0.481. The molecule has 1 N–H and O–H groups in total. The zero-order chi connectivity index (χ0) is 26.2. The topological polar surface area (TPSA) is 73.9 Å². The fourth-order valence-corrected chi connectivity index (χ4v) is 3.41. The number of alkyl halides is 3. The summed E-state index contributed by atoms with van der Waals surface area (Å²) in [5.41, 5.74) is -0.101. The maximum absolute atomic E-state index is 13.0. The van der Waals surface area contributed by atoms with Crippen LogP contribution in [-0.4, -0.2) is 38.4 Å². The summed E-state index contributed by atoms with van der Waals surface area (Å²) in [6, 6.07) is 11.1. The van der Waals surface area contributed by atoms with Crippen molar-refractivity contribution in [3.8, 4) is 0 Å². The number of hydrogen-bond donors (Lipinski definition) is 1. The first-order chi connectivity index (χ1) is 17.3. The van der Waals surface area contributed by atoms with Crippen LogP contribution in [0.25, 0.3) is 0 Å². The lowest BCUT2D eigenvalue weighted by atomic mass is 10.1. The highest BCUT2D eigenvalue weighted by molar-refractivity contribution is 5.96. The van der Waals surface area contributed by atoms with Gasteiger partial charge >= 0.3 is 18.1 Å². The molecule has 0 aliphatic rings. The van der Waals surface area contributed by atoms with E-state index in [9.17, 15) is 22.8 Å². The third-order valence-corrected chi connectivity index (χ3v) is 5.30. The van der Waals surface area contributed by atoms with Crippen molar-refractivity contribution in [2.45, 2.75) is 58.0 Å². The van der Waals surface area contributed by atoms with Crippen LogP contribution >= 0.6 is 0 Å². The Balaban J connectivity index is 1.67. The molecular weight excluding hydrogens is 475 g/mol. The van der Waals surface area contributed by atoms with Gasteiger partial charge in [0, 0.05) is 12.1 Å². The van der Waals surface area contributed by atoms with E-state index in [1.165, 1.54) is 37.5 Å². The Hall–Kier alpha value is -3.07. The molecule has 0 radical (unpaired) electrons. The fourth-order valence-electron chi connectivity index (χ4n) is 3.41. The molecule has 2 aromatic rings. The summed E-state index contributed by atoms with van der Waals surface area (Å²) in [7, 11) is 0. The van der Waals surface area contributed by atoms with E-state index in [1.807, 2.05) is 0 Å². The Kier molecular flexibility index (Phi) is 12.8. The van der Waals surface area contributed by atoms with Crippen molar-refractivity contribution < 1.29 is 37.0 Å². The van der Waals surface area contributed by atoms with Crippen molar-refractivity contribution in [1.82, 2.24) is 0 Å². The molecule has 9 heteroatoms. The Morgan fingerprint density at radius 2 is 1.53 bits per heavy atom. The van der Waals surface area contributed by atoms with Gasteiger partial charge < -0.3 is 19.5 Å². The second-order valence-electron chi connectivity index (χ2n) is 8.24. The van der Waals surface area contributed by atoms with Gasteiger partial charge in [-0.15, -0.1) is 0 Å². The van der Waals surface area contributed by atoms with E-state index in [4.69, 9.17) is 14.2 Å². The van der Waals surface area contributed by atoms with E-state index in [-0.39, 0.29) is 43.6 Å². The van der Waals surface area contributed by atoms with Gasteiger partial charge in [0.15, 0.2) is 0 Å². The normalized spacial score (nSPS) is 11.2. The van der Waals surface area contributed by atoms with Crippen molar-refractivity contribution in [1.29, 1.82) is 0 Å². The SMILES string of the molecule is CCCCCCCCC(=O)OCCOCCOC(=O)c1ccccc1Nc1cccc(C(F)(F)F)c1. The smallest absolute Gasteiger partial charge is 0.416 e. The number of halogens is 3. The Labute approximate surface area is 210 Å². The number of para-hydroxylation sites is 1. The average Bonchev–Trinajstić information content (AvgIpc) is 2.85. The molecule has 0 spiro atoms. The van der Waals surface area contributed by atoms with Crippen LogP contribution in [0.3, 0.4) is 0 Å². The number of benzene rings is 2. The third-order valence-electron chi connectivity index (χ3n) is 5.30. The van der Waals surface area contributed by atoms with E-state index in [0.717, 1.165) is 31.4 Å². The number of rotatable bonds is 16. The van der Waals surface area contributed by atoms with Gasteiger partial charge in [-0.2, -0.15) is 13.2 Å². The molecule has 0 bridgehead atoms. The lowest BCUT2D eigenvalue weighted by molar-refractivity contribution is -0.145. The largest absolute Gasteiger partial charge is 0.463 e. The summed E-state index contributed by atoms with van der Waals surface area (Å²) in [6.45, 7) is 2.57. The highest BCUT2D eigenvalue weighted by atomic mass is 19.4. The van der Waals surface area contributed by atoms with Crippen LogP contribution in [-0.2, 0) is 25.2 Å². The number of unbranched alkanes of at least 4 members (excludes halogenated alkanes) is 5. The van der Waals surface area contributed by atoms with E-state index >= 15 is 0 Å². The summed E-state index contributed by atoms with van der Waals surface area (Å²) < 4.78 is 54.6. The zero-order valence-electron chi connectivity index (χ0n) is 20.6. The zero-order valence-corrected chi connectivity index (χ0v) is 20.6. The molecule has 0 unspecified atom stereocenters. The molecule has 198 valence electrons. The van der Waals surface area contributed by atoms with Gasteiger partial charge in [-0.05, 0) is 36.8 Å². The number of ether oxygens (including phenoxy) is 3. The third kappa shape index (κ3) is 11.1. The van der Waals surface area contributed by atoms with Crippen molar-refractivity contribution in [3.05, 3.63) is 59.7 Å². The number of nitrogens with one attached hydrogen (secondary N) is 1. The minimum atomic E-state index is -4.47. The molecule has 0 amide bonds. The summed E-state index contributed by atoms with van der Waals surface area (Å²) >= 11 is 0. The maximum atomic E-state index is 13.0. The van der Waals surface area contributed by atoms with Crippen LogP contribution in [0.15, 0.2) is 48.5 Å². The van der Waals surface area contributed by atoms with Crippen LogP contribution in [0, 0.1) is 0 Å². The number of esters is 2. The maximum Gasteiger partial charge on any atom is 0.416 e. The molecule has 0 heterocycles. The summed E-state index contributed by atoms with van der Waals surface area (Å²) in [6.07, 6.45) is 2.52. The van der Waals surface area contributed by atoms with E-state index in [1.54, 1.807) is 18.2 Å². The second-order valence-corrected chi connectivity index (χ2v) is 8.24. The number of carbonyl (C=O) groups excluding carboxylic acids is 2. The lowest BCUT2D eigenvalue weighted by Crippen LogP contribution is -2.15. The van der Waals surface area contributed by atoms with Gasteiger partial charge in [0.05, 0.1) is 30.0 Å². The second kappa shape index (κ2) is 15.8. The lowest BCUT2D eigenvalue weighted by Gasteiger charge is -2.13. The highest BCUT2D eigenvalue weighted by Crippen LogP contribution is 2.32. The number of anilines is 2. The van der Waals surface area contributed by atoms with Gasteiger partial charge in [0.2, 0.25) is 0 Å². The summed E-state index contributed by atoms with van der Waals surface area (Å²) in [5, 5.41) is 2.84. The van der Waals surface area contributed by atoms with Gasteiger partial charge in [0.25, 0.3) is 0 Å².